The Labute approximate surface area is 147 Å². The summed E-state index contributed by atoms with van der Waals surface area (Å²) >= 11 is 1.68. The van der Waals surface area contributed by atoms with Gasteiger partial charge in [0.15, 0.2) is 0 Å². The van der Waals surface area contributed by atoms with Crippen molar-refractivity contribution in [1.29, 1.82) is 0 Å². The summed E-state index contributed by atoms with van der Waals surface area (Å²) in [6.07, 6.45) is 5.95. The summed E-state index contributed by atoms with van der Waals surface area (Å²) in [5.41, 5.74) is 1.22. The fourth-order valence-corrected chi connectivity index (χ4v) is 5.18. The van der Waals surface area contributed by atoms with Crippen LogP contribution in [0, 0.1) is 12.8 Å². The number of carboxylic acid groups (broad SMARTS) is 1. The Morgan fingerprint density at radius 1 is 1.17 bits per heavy atom. The van der Waals surface area contributed by atoms with E-state index in [2.05, 4.69) is 36.5 Å². The predicted octanol–water partition coefficient (Wildman–Crippen LogP) is 3.77. The van der Waals surface area contributed by atoms with E-state index in [4.69, 9.17) is 5.11 Å². The van der Waals surface area contributed by atoms with Gasteiger partial charge in [-0.1, -0.05) is 30.5 Å². The fourth-order valence-electron chi connectivity index (χ4n) is 3.81. The highest BCUT2D eigenvalue weighted by Gasteiger charge is 2.43. The minimum atomic E-state index is -0.739. The number of amides is 1. The summed E-state index contributed by atoms with van der Waals surface area (Å²) in [4.78, 5) is 25.2. The maximum absolute atomic E-state index is 13.0. The molecule has 0 aromatic heterocycles. The number of aliphatic carboxylic acids is 1. The van der Waals surface area contributed by atoms with Gasteiger partial charge in [0.1, 0.15) is 0 Å². The van der Waals surface area contributed by atoms with E-state index in [9.17, 15) is 9.59 Å². The molecule has 5 heteroatoms. The Morgan fingerprint density at radius 3 is 2.42 bits per heavy atom. The molecule has 0 heterocycles. The minimum absolute atomic E-state index is 0.00897. The van der Waals surface area contributed by atoms with E-state index in [-0.39, 0.29) is 17.9 Å². The van der Waals surface area contributed by atoms with Crippen molar-refractivity contribution < 1.29 is 14.7 Å². The maximum atomic E-state index is 13.0. The number of nitrogens with one attached hydrogen (secondary N) is 1. The molecule has 4 nitrogen and oxygen atoms in total. The lowest BCUT2D eigenvalue weighted by Gasteiger charge is -2.29. The number of hydrogen-bond acceptors (Lipinski definition) is 3. The molecular formula is C19H25NO3S. The zero-order valence-corrected chi connectivity index (χ0v) is 14.9. The highest BCUT2D eigenvalue weighted by molar-refractivity contribution is 8.01. The molecule has 0 radical (unpaired) electrons. The summed E-state index contributed by atoms with van der Waals surface area (Å²) in [5, 5.41) is 12.3. The second kappa shape index (κ2) is 7.18. The number of carboxylic acids is 1. The van der Waals surface area contributed by atoms with E-state index >= 15 is 0 Å². The topological polar surface area (TPSA) is 66.4 Å². The molecule has 0 bridgehead atoms. The molecule has 1 aromatic rings. The van der Waals surface area contributed by atoms with Crippen LogP contribution in [0.5, 0.6) is 0 Å². The molecule has 3 rings (SSSR count). The second-order valence-electron chi connectivity index (χ2n) is 7.14. The Bertz CT molecular complexity index is 608. The number of rotatable bonds is 5. The molecule has 130 valence electrons. The molecule has 2 fully saturated rings. The third kappa shape index (κ3) is 3.77. The first kappa shape index (κ1) is 17.3. The summed E-state index contributed by atoms with van der Waals surface area (Å²) in [5.74, 6) is -0.947. The zero-order valence-electron chi connectivity index (χ0n) is 14.1. The van der Waals surface area contributed by atoms with Gasteiger partial charge in [-0.05, 0) is 51.2 Å². The first-order chi connectivity index (χ1) is 11.5. The summed E-state index contributed by atoms with van der Waals surface area (Å²) in [6, 6.07) is 8.34. The van der Waals surface area contributed by atoms with Crippen molar-refractivity contribution in [2.45, 2.75) is 67.6 Å². The first-order valence-electron chi connectivity index (χ1n) is 8.78. The molecule has 2 N–H and O–H groups in total. The van der Waals surface area contributed by atoms with Crippen molar-refractivity contribution in [3.63, 3.8) is 0 Å². The lowest BCUT2D eigenvalue weighted by Crippen LogP contribution is -2.46. The maximum Gasteiger partial charge on any atom is 0.306 e. The third-order valence-corrected chi connectivity index (χ3v) is 6.77. The SMILES string of the molecule is Cc1ccc(SC2(C(=O)N[C@@H]3CC[C@H](C(=O)O)C3)CCCC2)cc1. The predicted molar refractivity (Wildman–Crippen MR) is 95.1 cm³/mol. The highest BCUT2D eigenvalue weighted by Crippen LogP contribution is 2.46. The van der Waals surface area contributed by atoms with Gasteiger partial charge in [0.05, 0.1) is 10.7 Å². The van der Waals surface area contributed by atoms with Crippen LogP contribution in [0.3, 0.4) is 0 Å². The monoisotopic (exact) mass is 347 g/mol. The number of thioether (sulfide) groups is 1. The zero-order chi connectivity index (χ0) is 17.2. The van der Waals surface area contributed by atoms with E-state index in [0.717, 1.165) is 37.0 Å². The Balaban J connectivity index is 1.67. The van der Waals surface area contributed by atoms with E-state index in [0.29, 0.717) is 12.8 Å². The van der Waals surface area contributed by atoms with Crippen molar-refractivity contribution in [2.75, 3.05) is 0 Å². The normalized spacial score (nSPS) is 25.5. The van der Waals surface area contributed by atoms with Gasteiger partial charge in [0.25, 0.3) is 0 Å². The summed E-state index contributed by atoms with van der Waals surface area (Å²) in [6.45, 7) is 2.06. The van der Waals surface area contributed by atoms with Crippen LogP contribution in [0.15, 0.2) is 29.2 Å². The fraction of sp³-hybridized carbons (Fsp3) is 0.579. The second-order valence-corrected chi connectivity index (χ2v) is 8.59. The van der Waals surface area contributed by atoms with E-state index < -0.39 is 10.7 Å². The van der Waals surface area contributed by atoms with Crippen molar-refractivity contribution >= 4 is 23.6 Å². The lowest BCUT2D eigenvalue weighted by molar-refractivity contribution is -0.141. The molecule has 2 atom stereocenters. The molecule has 24 heavy (non-hydrogen) atoms. The average molecular weight is 347 g/mol. The average Bonchev–Trinajstić information content (AvgIpc) is 3.20. The summed E-state index contributed by atoms with van der Waals surface area (Å²) in [7, 11) is 0. The van der Waals surface area contributed by atoms with Gasteiger partial charge in [0.2, 0.25) is 5.91 Å². The molecule has 2 saturated carbocycles. The van der Waals surface area contributed by atoms with Crippen LogP contribution in [-0.4, -0.2) is 27.8 Å². The smallest absolute Gasteiger partial charge is 0.306 e. The van der Waals surface area contributed by atoms with Crippen molar-refractivity contribution in [3.8, 4) is 0 Å². The quantitative estimate of drug-likeness (QED) is 0.851. The highest BCUT2D eigenvalue weighted by atomic mass is 32.2. The van der Waals surface area contributed by atoms with Crippen molar-refractivity contribution in [2.24, 2.45) is 5.92 Å². The van der Waals surface area contributed by atoms with Crippen LogP contribution in [0.25, 0.3) is 0 Å². The van der Waals surface area contributed by atoms with Crippen LogP contribution < -0.4 is 5.32 Å². The van der Waals surface area contributed by atoms with Crippen LogP contribution >= 0.6 is 11.8 Å². The van der Waals surface area contributed by atoms with Crippen molar-refractivity contribution in [1.82, 2.24) is 5.32 Å². The number of hydrogen-bond donors (Lipinski definition) is 2. The van der Waals surface area contributed by atoms with Crippen LogP contribution in [-0.2, 0) is 9.59 Å². The van der Waals surface area contributed by atoms with Crippen LogP contribution in [0.2, 0.25) is 0 Å². The Kier molecular flexibility index (Phi) is 5.18. The van der Waals surface area contributed by atoms with Gasteiger partial charge in [-0.25, -0.2) is 0 Å². The van der Waals surface area contributed by atoms with Crippen molar-refractivity contribution in [3.05, 3.63) is 29.8 Å². The van der Waals surface area contributed by atoms with Gasteiger partial charge in [0, 0.05) is 10.9 Å². The molecule has 0 spiro atoms. The standard InChI is InChI=1S/C19H25NO3S/c1-13-4-8-16(9-5-13)24-19(10-2-3-11-19)18(23)20-15-7-6-14(12-15)17(21)22/h4-5,8-9,14-15H,2-3,6-7,10-12H2,1H3,(H,20,23)(H,21,22)/t14-,15+/m0/s1. The molecule has 1 aromatic carbocycles. The molecule has 0 aliphatic heterocycles. The van der Waals surface area contributed by atoms with Crippen LogP contribution in [0.4, 0.5) is 0 Å². The minimum Gasteiger partial charge on any atom is -0.481 e. The van der Waals surface area contributed by atoms with Gasteiger partial charge in [-0.3, -0.25) is 9.59 Å². The number of carbonyl (C=O) groups excluding carboxylic acids is 1. The molecule has 0 unspecified atom stereocenters. The Hall–Kier alpha value is -1.49. The number of aryl methyl sites for hydroxylation is 1. The van der Waals surface area contributed by atoms with Gasteiger partial charge >= 0.3 is 5.97 Å². The molecule has 1 amide bonds. The molecule has 2 aliphatic rings. The molecule has 0 saturated heterocycles. The van der Waals surface area contributed by atoms with E-state index in [1.165, 1.54) is 5.56 Å². The van der Waals surface area contributed by atoms with Crippen LogP contribution in [0.1, 0.15) is 50.5 Å². The van der Waals surface area contributed by atoms with Gasteiger partial charge < -0.3 is 10.4 Å². The third-order valence-electron chi connectivity index (χ3n) is 5.28. The van der Waals surface area contributed by atoms with Gasteiger partial charge in [-0.15, -0.1) is 11.8 Å². The summed E-state index contributed by atoms with van der Waals surface area (Å²) < 4.78 is -0.392. The lowest BCUT2D eigenvalue weighted by atomic mass is 10.0. The number of benzene rings is 1. The Morgan fingerprint density at radius 2 is 1.83 bits per heavy atom. The van der Waals surface area contributed by atoms with E-state index in [1.54, 1.807) is 11.8 Å². The van der Waals surface area contributed by atoms with Gasteiger partial charge in [-0.2, -0.15) is 0 Å². The van der Waals surface area contributed by atoms with E-state index in [1.807, 2.05) is 0 Å². The first-order valence-corrected chi connectivity index (χ1v) is 9.60. The molecular weight excluding hydrogens is 322 g/mol. The molecule has 2 aliphatic carbocycles. The number of carbonyl (C=O) groups is 2. The largest absolute Gasteiger partial charge is 0.481 e.